The molecule has 0 saturated carbocycles. The van der Waals surface area contributed by atoms with Crippen LogP contribution in [-0.4, -0.2) is 22.5 Å². The molecular formula is C13H20N2O. The second-order valence-corrected chi connectivity index (χ2v) is 4.93. The Labute approximate surface area is 96.5 Å². The SMILES string of the molecule is Cc1cc(C2CCCN2C(C)C)c[nH]c1=O. The van der Waals surface area contributed by atoms with Crippen molar-refractivity contribution in [2.24, 2.45) is 0 Å². The first-order chi connectivity index (χ1) is 7.59. The number of rotatable bonds is 2. The molecule has 1 atom stereocenters. The van der Waals surface area contributed by atoms with Gasteiger partial charge >= 0.3 is 0 Å². The molecule has 0 aromatic carbocycles. The van der Waals surface area contributed by atoms with E-state index >= 15 is 0 Å². The molecule has 1 fully saturated rings. The van der Waals surface area contributed by atoms with Crippen LogP contribution in [0.4, 0.5) is 0 Å². The first-order valence-corrected chi connectivity index (χ1v) is 6.04. The lowest BCUT2D eigenvalue weighted by Crippen LogP contribution is -2.30. The Morgan fingerprint density at radius 3 is 2.88 bits per heavy atom. The predicted molar refractivity (Wildman–Crippen MR) is 65.6 cm³/mol. The minimum Gasteiger partial charge on any atom is -0.329 e. The average molecular weight is 220 g/mol. The molecule has 0 amide bonds. The summed E-state index contributed by atoms with van der Waals surface area (Å²) in [6.07, 6.45) is 4.32. The van der Waals surface area contributed by atoms with Gasteiger partial charge in [0.15, 0.2) is 0 Å². The summed E-state index contributed by atoms with van der Waals surface area (Å²) >= 11 is 0. The fourth-order valence-corrected chi connectivity index (χ4v) is 2.58. The van der Waals surface area contributed by atoms with E-state index in [1.807, 2.05) is 19.2 Å². The smallest absolute Gasteiger partial charge is 0.250 e. The van der Waals surface area contributed by atoms with E-state index in [0.29, 0.717) is 12.1 Å². The van der Waals surface area contributed by atoms with Gasteiger partial charge in [-0.15, -0.1) is 0 Å². The van der Waals surface area contributed by atoms with Crippen LogP contribution < -0.4 is 5.56 Å². The largest absolute Gasteiger partial charge is 0.329 e. The third-order valence-electron chi connectivity index (χ3n) is 3.45. The maximum atomic E-state index is 11.3. The molecule has 0 aliphatic carbocycles. The van der Waals surface area contributed by atoms with Crippen molar-refractivity contribution in [1.82, 2.24) is 9.88 Å². The topological polar surface area (TPSA) is 36.1 Å². The highest BCUT2D eigenvalue weighted by atomic mass is 16.1. The number of aryl methyl sites for hydroxylation is 1. The van der Waals surface area contributed by atoms with Crippen molar-refractivity contribution in [3.8, 4) is 0 Å². The van der Waals surface area contributed by atoms with Crippen LogP contribution in [-0.2, 0) is 0 Å². The predicted octanol–water partition coefficient (Wildman–Crippen LogP) is 2.23. The lowest BCUT2D eigenvalue weighted by atomic mass is 10.0. The summed E-state index contributed by atoms with van der Waals surface area (Å²) < 4.78 is 0. The molecule has 2 rings (SSSR count). The molecule has 88 valence electrons. The van der Waals surface area contributed by atoms with Crippen molar-refractivity contribution in [2.75, 3.05) is 6.54 Å². The summed E-state index contributed by atoms with van der Waals surface area (Å²) in [5.41, 5.74) is 2.09. The quantitative estimate of drug-likeness (QED) is 0.829. The monoisotopic (exact) mass is 220 g/mol. The Morgan fingerprint density at radius 2 is 2.25 bits per heavy atom. The van der Waals surface area contributed by atoms with Gasteiger partial charge in [-0.05, 0) is 51.8 Å². The van der Waals surface area contributed by atoms with E-state index in [-0.39, 0.29) is 5.56 Å². The summed E-state index contributed by atoms with van der Waals surface area (Å²) in [6, 6.07) is 3.08. The zero-order valence-electron chi connectivity index (χ0n) is 10.3. The van der Waals surface area contributed by atoms with Gasteiger partial charge in [0.25, 0.3) is 5.56 Å². The van der Waals surface area contributed by atoms with Crippen LogP contribution in [0.2, 0.25) is 0 Å². The molecule has 2 heterocycles. The third kappa shape index (κ3) is 2.05. The van der Waals surface area contributed by atoms with Crippen LogP contribution in [0, 0.1) is 6.92 Å². The van der Waals surface area contributed by atoms with Crippen molar-refractivity contribution in [2.45, 2.75) is 45.7 Å². The number of H-pyrrole nitrogens is 1. The first kappa shape index (κ1) is 11.4. The molecule has 1 saturated heterocycles. The molecular weight excluding hydrogens is 200 g/mol. The van der Waals surface area contributed by atoms with Crippen LogP contribution in [0.5, 0.6) is 0 Å². The molecule has 1 aromatic heterocycles. The summed E-state index contributed by atoms with van der Waals surface area (Å²) in [6.45, 7) is 7.51. The molecule has 1 aliphatic heterocycles. The number of hydrogen-bond donors (Lipinski definition) is 1. The number of nitrogens with one attached hydrogen (secondary N) is 1. The normalized spacial score (nSPS) is 21.9. The van der Waals surface area contributed by atoms with E-state index in [2.05, 4.69) is 23.7 Å². The van der Waals surface area contributed by atoms with E-state index in [1.165, 1.54) is 24.9 Å². The Balaban J connectivity index is 2.29. The fourth-order valence-electron chi connectivity index (χ4n) is 2.58. The molecule has 3 nitrogen and oxygen atoms in total. The van der Waals surface area contributed by atoms with Gasteiger partial charge in [-0.2, -0.15) is 0 Å². The minimum atomic E-state index is 0.0258. The van der Waals surface area contributed by atoms with Crippen LogP contribution in [0.25, 0.3) is 0 Å². The maximum Gasteiger partial charge on any atom is 0.250 e. The second kappa shape index (κ2) is 4.42. The number of likely N-dealkylation sites (tertiary alicyclic amines) is 1. The molecule has 0 spiro atoms. The minimum absolute atomic E-state index is 0.0258. The Kier molecular flexibility index (Phi) is 3.15. The molecule has 16 heavy (non-hydrogen) atoms. The molecule has 1 aliphatic rings. The number of aromatic amines is 1. The van der Waals surface area contributed by atoms with Gasteiger partial charge in [-0.25, -0.2) is 0 Å². The van der Waals surface area contributed by atoms with Gasteiger partial charge in [0, 0.05) is 23.8 Å². The van der Waals surface area contributed by atoms with Crippen LogP contribution in [0.3, 0.4) is 0 Å². The van der Waals surface area contributed by atoms with Crippen molar-refractivity contribution in [3.63, 3.8) is 0 Å². The number of aromatic nitrogens is 1. The molecule has 0 bridgehead atoms. The standard InChI is InChI=1S/C13H20N2O/c1-9(2)15-6-4-5-12(15)11-7-10(3)13(16)14-8-11/h7-9,12H,4-6H2,1-3H3,(H,14,16). The lowest BCUT2D eigenvalue weighted by Gasteiger charge is -2.28. The summed E-state index contributed by atoms with van der Waals surface area (Å²) in [5, 5.41) is 0. The average Bonchev–Trinajstić information content (AvgIpc) is 2.71. The van der Waals surface area contributed by atoms with E-state index < -0.39 is 0 Å². The van der Waals surface area contributed by atoms with Gasteiger partial charge in [0.2, 0.25) is 0 Å². The van der Waals surface area contributed by atoms with E-state index in [0.717, 1.165) is 5.56 Å². The Bertz CT molecular complexity index is 422. The second-order valence-electron chi connectivity index (χ2n) is 4.93. The summed E-state index contributed by atoms with van der Waals surface area (Å²) in [5.74, 6) is 0. The fraction of sp³-hybridized carbons (Fsp3) is 0.615. The molecule has 3 heteroatoms. The highest BCUT2D eigenvalue weighted by Gasteiger charge is 2.27. The summed E-state index contributed by atoms with van der Waals surface area (Å²) in [7, 11) is 0. The lowest BCUT2D eigenvalue weighted by molar-refractivity contribution is 0.205. The number of hydrogen-bond acceptors (Lipinski definition) is 2. The van der Waals surface area contributed by atoms with Crippen LogP contribution >= 0.6 is 0 Å². The zero-order valence-corrected chi connectivity index (χ0v) is 10.3. The highest BCUT2D eigenvalue weighted by Crippen LogP contribution is 2.32. The Hall–Kier alpha value is -1.09. The molecule has 0 radical (unpaired) electrons. The number of pyridine rings is 1. The molecule has 1 aromatic rings. The van der Waals surface area contributed by atoms with Crippen molar-refractivity contribution in [1.29, 1.82) is 0 Å². The van der Waals surface area contributed by atoms with Crippen LogP contribution in [0.1, 0.15) is 43.9 Å². The Morgan fingerprint density at radius 1 is 1.50 bits per heavy atom. The van der Waals surface area contributed by atoms with Gasteiger partial charge < -0.3 is 4.98 Å². The van der Waals surface area contributed by atoms with Crippen molar-refractivity contribution in [3.05, 3.63) is 33.7 Å². The van der Waals surface area contributed by atoms with Gasteiger partial charge in [0.05, 0.1) is 0 Å². The van der Waals surface area contributed by atoms with Crippen molar-refractivity contribution >= 4 is 0 Å². The van der Waals surface area contributed by atoms with Gasteiger partial charge in [-0.1, -0.05) is 0 Å². The van der Waals surface area contributed by atoms with E-state index in [4.69, 9.17) is 0 Å². The third-order valence-corrected chi connectivity index (χ3v) is 3.45. The van der Waals surface area contributed by atoms with Gasteiger partial charge in [0.1, 0.15) is 0 Å². The first-order valence-electron chi connectivity index (χ1n) is 6.04. The number of nitrogens with zero attached hydrogens (tertiary/aromatic N) is 1. The van der Waals surface area contributed by atoms with Gasteiger partial charge in [-0.3, -0.25) is 9.69 Å². The van der Waals surface area contributed by atoms with E-state index in [1.54, 1.807) is 0 Å². The van der Waals surface area contributed by atoms with Crippen LogP contribution in [0.15, 0.2) is 17.1 Å². The molecule has 1 N–H and O–H groups in total. The zero-order chi connectivity index (χ0) is 11.7. The summed E-state index contributed by atoms with van der Waals surface area (Å²) in [4.78, 5) is 16.7. The maximum absolute atomic E-state index is 11.3. The molecule has 1 unspecified atom stereocenters. The van der Waals surface area contributed by atoms with Crippen molar-refractivity contribution < 1.29 is 0 Å². The highest BCUT2D eigenvalue weighted by molar-refractivity contribution is 5.21. The van der Waals surface area contributed by atoms with E-state index in [9.17, 15) is 4.79 Å².